The van der Waals surface area contributed by atoms with E-state index in [0.717, 1.165) is 149 Å². The minimum Gasteiger partial charge on any atom is -0.315 e. The van der Waals surface area contributed by atoms with E-state index in [1.807, 2.05) is 22.7 Å². The van der Waals surface area contributed by atoms with Crippen LogP contribution in [0.3, 0.4) is 0 Å². The third-order valence-electron chi connectivity index (χ3n) is 28.8. The third-order valence-corrected chi connectivity index (χ3v) is 32.0. The van der Waals surface area contributed by atoms with Gasteiger partial charge in [0.15, 0.2) is 0 Å². The van der Waals surface area contributed by atoms with Gasteiger partial charge >= 0.3 is 0 Å². The van der Waals surface area contributed by atoms with Crippen LogP contribution in [0.1, 0.15) is 87.8 Å². The molecule has 654 valence electrons. The predicted molar refractivity (Wildman–Crippen MR) is 585 cm³/mol. The lowest BCUT2D eigenvalue weighted by Crippen LogP contribution is -2.66. The zero-order chi connectivity index (χ0) is 91.7. The number of allylic oxidation sites excluding steroid dienone is 4. The van der Waals surface area contributed by atoms with Crippen LogP contribution in [-0.2, 0) is 10.8 Å². The second kappa shape index (κ2) is 32.3. The van der Waals surface area contributed by atoms with Gasteiger partial charge in [-0.3, -0.25) is 0 Å². The summed E-state index contributed by atoms with van der Waals surface area (Å²) in [4.78, 5) is 26.3. The Morgan fingerprint density at radius 2 is 0.507 bits per heavy atom. The van der Waals surface area contributed by atoms with Crippen molar-refractivity contribution in [2.45, 2.75) is 92.9 Å². The highest BCUT2D eigenvalue weighted by molar-refractivity contribution is 7.30. The molecule has 25 rings (SSSR count). The standard InChI is InChI=1S/C122H100B3N9S2/c1-79-43-35-39-63-98(79)131-102-75-104-96(124-117-106(129(89-59-31-17-32-60-89)112-77-114(121(5,6)7)135-119(112)124)67-91(71-110(117)133(104)100-65-41-37-45-81(100)3)126(83-47-19-11-20-48-83)84-49-21-12-22-50-84)73-94(102)123-95-74-97-105(76-103(95)132(99-64-40-36-44-80(99)2)109-70-93(69-108(131)116(109)123)128(87-55-27-15-28-56-87)88-57-29-16-30-58-88)134(101-66-42-38-46-82(101)4)111-72-92(127(85-51-23-13-24-52-85)86-53-25-14-26-54-86)68-107-118(111)125(97)120-113(78-115(136-120)122(8,9)10)130(107)90-61-33-18-34-62-90/h11-39,41-63,65-78H,40,64H2,1-10H3. The Balaban J connectivity index is 0.847. The molecule has 0 atom stereocenters. The van der Waals surface area contributed by atoms with Gasteiger partial charge in [-0.25, -0.2) is 0 Å². The van der Waals surface area contributed by atoms with Crippen LogP contribution < -0.4 is 91.9 Å². The Hall–Kier alpha value is -15.2. The second-order valence-electron chi connectivity index (χ2n) is 39.3. The van der Waals surface area contributed by atoms with E-state index in [2.05, 4.69) is 514 Å². The van der Waals surface area contributed by atoms with Crippen LogP contribution in [0, 0.1) is 20.8 Å². The number of rotatable bonds is 15. The highest BCUT2D eigenvalue weighted by atomic mass is 32.1. The fraction of sp³-hybridized carbons (Fsp3) is 0.115. The monoisotopic (exact) mass is 1790 g/mol. The van der Waals surface area contributed by atoms with Gasteiger partial charge < -0.3 is 44.1 Å². The fourth-order valence-electron chi connectivity index (χ4n) is 22.6. The van der Waals surface area contributed by atoms with E-state index in [1.54, 1.807) is 0 Å². The van der Waals surface area contributed by atoms with Crippen LogP contribution in [0.5, 0.6) is 0 Å². The van der Waals surface area contributed by atoms with Gasteiger partial charge in [0.05, 0.1) is 28.4 Å². The minimum atomic E-state index is -0.381. The molecule has 9 nitrogen and oxygen atoms in total. The second-order valence-corrected chi connectivity index (χ2v) is 41.5. The molecule has 0 amide bonds. The Bertz CT molecular complexity index is 7750. The zero-order valence-corrected chi connectivity index (χ0v) is 79.7. The Kier molecular flexibility index (Phi) is 19.6. The van der Waals surface area contributed by atoms with E-state index in [0.29, 0.717) is 0 Å². The topological polar surface area (TPSA) is 29.2 Å². The van der Waals surface area contributed by atoms with E-state index in [-0.39, 0.29) is 31.0 Å². The van der Waals surface area contributed by atoms with Gasteiger partial charge in [-0.2, -0.15) is 22.7 Å². The van der Waals surface area contributed by atoms with Crippen molar-refractivity contribution < 1.29 is 0 Å². The number of thiophene rings is 2. The van der Waals surface area contributed by atoms with Crippen molar-refractivity contribution in [3.05, 3.63) is 438 Å². The molecular formula is C122H100B3N9S2. The van der Waals surface area contributed by atoms with E-state index in [4.69, 9.17) is 0 Å². The number of hydrogen-bond acceptors (Lipinski definition) is 11. The first-order valence-corrected chi connectivity index (χ1v) is 49.4. The number of hydrogen-bond donors (Lipinski definition) is 0. The number of benzene rings is 16. The molecule has 6 aliphatic heterocycles. The van der Waals surface area contributed by atoms with Crippen molar-refractivity contribution in [1.82, 2.24) is 0 Å². The number of nitrogens with zero attached hydrogens (tertiary/aromatic N) is 9. The van der Waals surface area contributed by atoms with Crippen LogP contribution in [0.2, 0.25) is 0 Å². The van der Waals surface area contributed by atoms with Crippen molar-refractivity contribution in [2.75, 3.05) is 44.1 Å². The molecule has 16 aromatic carbocycles. The molecule has 0 unspecified atom stereocenters. The van der Waals surface area contributed by atoms with Crippen LogP contribution in [0.4, 0.5) is 148 Å². The summed E-state index contributed by atoms with van der Waals surface area (Å²) >= 11 is 4.00. The smallest absolute Gasteiger partial charge is 0.264 e. The average Bonchev–Trinajstić information content (AvgIpc) is 1.09. The van der Waals surface area contributed by atoms with Crippen LogP contribution >= 0.6 is 22.7 Å². The summed E-state index contributed by atoms with van der Waals surface area (Å²) in [6.45, 7) is 22.8. The van der Waals surface area contributed by atoms with Crippen LogP contribution in [0.15, 0.2) is 412 Å². The van der Waals surface area contributed by atoms with E-state index >= 15 is 0 Å². The molecule has 7 aliphatic rings. The number of para-hydroxylation sites is 11. The maximum Gasteiger partial charge on any atom is 0.264 e. The lowest BCUT2D eigenvalue weighted by atomic mass is 9.30. The minimum absolute atomic E-state index is 0.202. The van der Waals surface area contributed by atoms with Crippen molar-refractivity contribution in [1.29, 1.82) is 0 Å². The lowest BCUT2D eigenvalue weighted by Gasteiger charge is -2.49. The SMILES string of the molecule is CC1=C(N2c3cc4c(cc3B3c5cc6c(cc5N(c5ccccc5C)c5cc(N(c7ccccc7)c7ccccc7)cc2c53)N(c2ccccc2C)c2cc(N(c3ccccc3)c3ccccc3)cc3c2B6c2sc(C(C)(C)C)cc2N3c2ccccc2)B2c3sc(C(C)(C)C)cc3N(c3ccccc3)c3cc(N(c5ccccc5)c5ccccc5)cc(c32)N4c2ccccc2C)CCC=C1. The first-order chi connectivity index (χ1) is 66.4. The Morgan fingerprint density at radius 3 is 0.809 bits per heavy atom. The lowest BCUT2D eigenvalue weighted by molar-refractivity contribution is 0.603. The number of fused-ring (bicyclic) bond motifs is 12. The van der Waals surface area contributed by atoms with Crippen molar-refractivity contribution in [3.8, 4) is 0 Å². The highest BCUT2D eigenvalue weighted by Gasteiger charge is 2.54. The van der Waals surface area contributed by atoms with Gasteiger partial charge in [0.2, 0.25) is 0 Å². The molecule has 0 saturated carbocycles. The molecule has 0 saturated heterocycles. The quantitative estimate of drug-likeness (QED) is 0.0931. The van der Waals surface area contributed by atoms with E-state index in [1.165, 1.54) is 96.9 Å². The summed E-state index contributed by atoms with van der Waals surface area (Å²) < 4.78 is 2.66. The van der Waals surface area contributed by atoms with Gasteiger partial charge in [-0.15, -0.1) is 0 Å². The Labute approximate surface area is 807 Å². The van der Waals surface area contributed by atoms with E-state index < -0.39 is 0 Å². The largest absolute Gasteiger partial charge is 0.315 e. The molecule has 18 aromatic rings. The van der Waals surface area contributed by atoms with E-state index in [9.17, 15) is 0 Å². The highest BCUT2D eigenvalue weighted by Crippen LogP contribution is 2.58. The van der Waals surface area contributed by atoms with Gasteiger partial charge in [0, 0.05) is 144 Å². The van der Waals surface area contributed by atoms with Crippen LogP contribution in [0.25, 0.3) is 0 Å². The van der Waals surface area contributed by atoms with Crippen molar-refractivity contribution >= 4 is 238 Å². The summed E-state index contributed by atoms with van der Waals surface area (Å²) in [7, 11) is 0. The average molecular weight is 1790 g/mol. The number of aryl methyl sites for hydroxylation is 3. The van der Waals surface area contributed by atoms with Crippen LogP contribution in [-0.4, -0.2) is 20.1 Å². The summed E-state index contributed by atoms with van der Waals surface area (Å²) in [5, 5.41) is 0. The van der Waals surface area contributed by atoms with Gasteiger partial charge in [-0.1, -0.05) is 266 Å². The number of anilines is 26. The molecular weight excluding hydrogens is 1690 g/mol. The molecule has 0 fully saturated rings. The summed E-state index contributed by atoms with van der Waals surface area (Å²) in [6.07, 6.45) is 6.50. The first-order valence-electron chi connectivity index (χ1n) is 47.8. The zero-order valence-electron chi connectivity index (χ0n) is 78.1. The molecule has 1 aliphatic carbocycles. The molecule has 14 heteroatoms. The summed E-state index contributed by atoms with van der Waals surface area (Å²) in [5.41, 5.74) is 43.4. The molecule has 0 radical (unpaired) electrons. The molecule has 0 N–H and O–H groups in total. The molecule has 0 bridgehead atoms. The molecule has 2 aromatic heterocycles. The van der Waals surface area contributed by atoms with Crippen molar-refractivity contribution in [3.63, 3.8) is 0 Å². The van der Waals surface area contributed by atoms with Gasteiger partial charge in [0.1, 0.15) is 0 Å². The fourth-order valence-corrected chi connectivity index (χ4v) is 25.3. The first kappa shape index (κ1) is 82.7. The summed E-state index contributed by atoms with van der Waals surface area (Å²) in [5.74, 6) is 0. The molecule has 136 heavy (non-hydrogen) atoms. The Morgan fingerprint density at radius 1 is 0.243 bits per heavy atom. The normalized spacial score (nSPS) is 14.0. The third kappa shape index (κ3) is 13.2. The van der Waals surface area contributed by atoms with Gasteiger partial charge in [0.25, 0.3) is 20.1 Å². The maximum atomic E-state index is 2.78. The predicted octanol–water partition coefficient (Wildman–Crippen LogP) is 28.3. The van der Waals surface area contributed by atoms with Crippen molar-refractivity contribution in [2.24, 2.45) is 0 Å². The van der Waals surface area contributed by atoms with Gasteiger partial charge in [-0.05, 0) is 288 Å². The summed E-state index contributed by atoms with van der Waals surface area (Å²) in [6, 6.07) is 147. The molecule has 0 spiro atoms. The maximum absolute atomic E-state index is 2.78. The molecule has 8 heterocycles.